The van der Waals surface area contributed by atoms with Gasteiger partial charge in [-0.2, -0.15) is 4.98 Å². The van der Waals surface area contributed by atoms with Crippen LogP contribution < -0.4 is 0 Å². The second-order valence-electron chi connectivity index (χ2n) is 6.17. The van der Waals surface area contributed by atoms with Gasteiger partial charge in [0, 0.05) is 18.5 Å². The van der Waals surface area contributed by atoms with Crippen LogP contribution in [0.2, 0.25) is 0 Å². The van der Waals surface area contributed by atoms with Crippen molar-refractivity contribution in [3.63, 3.8) is 0 Å². The van der Waals surface area contributed by atoms with Gasteiger partial charge in [-0.3, -0.25) is 4.90 Å². The van der Waals surface area contributed by atoms with Gasteiger partial charge in [-0.25, -0.2) is 4.39 Å². The highest BCUT2D eigenvalue weighted by Gasteiger charge is 2.25. The van der Waals surface area contributed by atoms with Crippen molar-refractivity contribution in [1.29, 1.82) is 0 Å². The molecule has 126 valence electrons. The molecule has 0 radical (unpaired) electrons. The van der Waals surface area contributed by atoms with Crippen LogP contribution in [0.25, 0.3) is 0 Å². The lowest BCUT2D eigenvalue weighted by Gasteiger charge is -2.36. The molecule has 1 aromatic heterocycles. The van der Waals surface area contributed by atoms with Gasteiger partial charge in [-0.05, 0) is 37.5 Å². The van der Waals surface area contributed by atoms with Crippen LogP contribution in [0.3, 0.4) is 0 Å². The molecule has 2 heterocycles. The van der Waals surface area contributed by atoms with E-state index in [4.69, 9.17) is 4.52 Å². The Labute approximate surface area is 141 Å². The summed E-state index contributed by atoms with van der Waals surface area (Å²) in [5, 5.41) is 4.03. The molecule has 0 aliphatic carbocycles. The highest BCUT2D eigenvalue weighted by molar-refractivity contribution is 5.19. The summed E-state index contributed by atoms with van der Waals surface area (Å²) in [4.78, 5) is 6.81. The Morgan fingerprint density at radius 3 is 3.12 bits per heavy atom. The molecule has 2 atom stereocenters. The van der Waals surface area contributed by atoms with Crippen LogP contribution in [0.4, 0.5) is 4.39 Å². The van der Waals surface area contributed by atoms with E-state index in [0.717, 1.165) is 18.4 Å². The average Bonchev–Trinajstić information content (AvgIpc) is 2.98. The number of benzene rings is 1. The zero-order valence-corrected chi connectivity index (χ0v) is 13.9. The van der Waals surface area contributed by atoms with Crippen LogP contribution in [0.5, 0.6) is 0 Å². The second kappa shape index (κ2) is 7.53. The molecule has 0 spiro atoms. The van der Waals surface area contributed by atoms with Crippen molar-refractivity contribution in [2.24, 2.45) is 0 Å². The van der Waals surface area contributed by atoms with Crippen molar-refractivity contribution in [2.75, 3.05) is 0 Å². The van der Waals surface area contributed by atoms with Crippen molar-refractivity contribution in [1.82, 2.24) is 15.0 Å². The molecule has 0 fully saturated rings. The standard InChI is InChI=1S/C19H22FN3O/c1-3-6-17-10-4-7-14(2)23(17)13-19-21-18(22-24-19)12-15-8-5-9-16(20)11-15/h3-5,7-9,11,14,17H,1,6,10,12-13H2,2H3/t14-,17-/m1/s1. The molecule has 1 aromatic carbocycles. The first-order chi connectivity index (χ1) is 11.7. The van der Waals surface area contributed by atoms with Crippen molar-refractivity contribution in [2.45, 2.75) is 44.8 Å². The van der Waals surface area contributed by atoms with Crippen LogP contribution in [0.1, 0.15) is 37.0 Å². The minimum Gasteiger partial charge on any atom is -0.338 e. The molecule has 0 amide bonds. The highest BCUT2D eigenvalue weighted by Crippen LogP contribution is 2.22. The zero-order valence-electron chi connectivity index (χ0n) is 13.9. The fourth-order valence-corrected chi connectivity index (χ4v) is 3.12. The molecule has 2 aromatic rings. The highest BCUT2D eigenvalue weighted by atomic mass is 19.1. The summed E-state index contributed by atoms with van der Waals surface area (Å²) in [6.07, 6.45) is 8.77. The minimum absolute atomic E-state index is 0.252. The largest absolute Gasteiger partial charge is 0.338 e. The number of hydrogen-bond donors (Lipinski definition) is 0. The summed E-state index contributed by atoms with van der Waals surface area (Å²) in [5.74, 6) is 0.922. The monoisotopic (exact) mass is 327 g/mol. The Kier molecular flexibility index (Phi) is 5.20. The molecule has 0 N–H and O–H groups in total. The minimum atomic E-state index is -0.252. The Balaban J connectivity index is 1.68. The van der Waals surface area contributed by atoms with Gasteiger partial charge in [0.1, 0.15) is 5.82 Å². The molecule has 0 unspecified atom stereocenters. The van der Waals surface area contributed by atoms with Crippen LogP contribution in [-0.4, -0.2) is 27.1 Å². The topological polar surface area (TPSA) is 42.2 Å². The molecule has 1 aliphatic heterocycles. The van der Waals surface area contributed by atoms with Crippen LogP contribution in [0.15, 0.2) is 53.6 Å². The quantitative estimate of drug-likeness (QED) is 0.755. The van der Waals surface area contributed by atoms with Crippen molar-refractivity contribution in [3.8, 4) is 0 Å². The SMILES string of the molecule is C=CC[C@@H]1CC=C[C@@H](C)N1Cc1nc(Cc2cccc(F)c2)no1. The van der Waals surface area contributed by atoms with Gasteiger partial charge in [0.25, 0.3) is 0 Å². The summed E-state index contributed by atoms with van der Waals surface area (Å²) in [7, 11) is 0. The molecular weight excluding hydrogens is 305 g/mol. The van der Waals surface area contributed by atoms with Gasteiger partial charge >= 0.3 is 0 Å². The van der Waals surface area contributed by atoms with E-state index in [2.05, 4.69) is 40.7 Å². The van der Waals surface area contributed by atoms with Crippen LogP contribution in [-0.2, 0) is 13.0 Å². The van der Waals surface area contributed by atoms with E-state index >= 15 is 0 Å². The van der Waals surface area contributed by atoms with E-state index < -0.39 is 0 Å². The Hall–Kier alpha value is -2.27. The molecular formula is C19H22FN3O. The third-order valence-corrected chi connectivity index (χ3v) is 4.33. The van der Waals surface area contributed by atoms with Crippen molar-refractivity contribution < 1.29 is 8.91 Å². The Bertz CT molecular complexity index is 725. The fraction of sp³-hybridized carbons (Fsp3) is 0.368. The van der Waals surface area contributed by atoms with Gasteiger partial charge in [-0.15, -0.1) is 6.58 Å². The molecule has 3 rings (SSSR count). The molecule has 4 nitrogen and oxygen atoms in total. The van der Waals surface area contributed by atoms with Gasteiger partial charge in [0.05, 0.1) is 6.54 Å². The van der Waals surface area contributed by atoms with E-state index in [1.165, 1.54) is 12.1 Å². The van der Waals surface area contributed by atoms with Crippen LogP contribution in [0, 0.1) is 5.82 Å². The van der Waals surface area contributed by atoms with Gasteiger partial charge in [0.15, 0.2) is 5.82 Å². The summed E-state index contributed by atoms with van der Waals surface area (Å²) in [6, 6.07) is 7.19. The summed E-state index contributed by atoms with van der Waals surface area (Å²) < 4.78 is 18.7. The normalized spacial score (nSPS) is 21.1. The van der Waals surface area contributed by atoms with Gasteiger partial charge < -0.3 is 4.52 Å². The van der Waals surface area contributed by atoms with E-state index in [0.29, 0.717) is 36.8 Å². The third kappa shape index (κ3) is 3.97. The van der Waals surface area contributed by atoms with Crippen molar-refractivity contribution in [3.05, 3.63) is 72.2 Å². The Morgan fingerprint density at radius 2 is 2.33 bits per heavy atom. The smallest absolute Gasteiger partial charge is 0.240 e. The van der Waals surface area contributed by atoms with Crippen LogP contribution >= 0.6 is 0 Å². The average molecular weight is 327 g/mol. The zero-order chi connectivity index (χ0) is 16.9. The van der Waals surface area contributed by atoms with Gasteiger partial charge in [0.2, 0.25) is 5.89 Å². The first kappa shape index (κ1) is 16.6. The molecule has 24 heavy (non-hydrogen) atoms. The number of aromatic nitrogens is 2. The Morgan fingerprint density at radius 1 is 1.46 bits per heavy atom. The number of halogens is 1. The first-order valence-corrected chi connectivity index (χ1v) is 8.25. The lowest BCUT2D eigenvalue weighted by atomic mass is 10.0. The summed E-state index contributed by atoms with van der Waals surface area (Å²) in [5.41, 5.74) is 0.834. The molecule has 5 heteroatoms. The molecule has 1 aliphatic rings. The fourth-order valence-electron chi connectivity index (χ4n) is 3.12. The number of nitrogens with zero attached hydrogens (tertiary/aromatic N) is 3. The maximum atomic E-state index is 13.3. The molecule has 0 saturated carbocycles. The molecule has 0 saturated heterocycles. The molecule has 0 bridgehead atoms. The predicted octanol–water partition coefficient (Wildman–Crippen LogP) is 3.89. The lowest BCUT2D eigenvalue weighted by molar-refractivity contribution is 0.132. The van der Waals surface area contributed by atoms with Crippen molar-refractivity contribution >= 4 is 0 Å². The van der Waals surface area contributed by atoms with E-state index in [9.17, 15) is 4.39 Å². The summed E-state index contributed by atoms with van der Waals surface area (Å²) in [6.45, 7) is 6.62. The third-order valence-electron chi connectivity index (χ3n) is 4.33. The van der Waals surface area contributed by atoms with E-state index in [1.807, 2.05) is 12.1 Å². The second-order valence-corrected chi connectivity index (χ2v) is 6.17. The summed E-state index contributed by atoms with van der Waals surface area (Å²) >= 11 is 0. The number of hydrogen-bond acceptors (Lipinski definition) is 4. The number of rotatable bonds is 6. The maximum absolute atomic E-state index is 13.3. The van der Waals surface area contributed by atoms with Gasteiger partial charge in [-0.1, -0.05) is 35.5 Å². The predicted molar refractivity (Wildman–Crippen MR) is 90.9 cm³/mol. The lowest BCUT2D eigenvalue weighted by Crippen LogP contribution is -2.42. The van der Waals surface area contributed by atoms with E-state index in [1.54, 1.807) is 6.07 Å². The maximum Gasteiger partial charge on any atom is 0.240 e. The first-order valence-electron chi connectivity index (χ1n) is 8.25. The van der Waals surface area contributed by atoms with E-state index in [-0.39, 0.29) is 5.82 Å².